The number of nitrogens with zero attached hydrogens (tertiary/aromatic N) is 2. The Bertz CT molecular complexity index is 1000. The van der Waals surface area contributed by atoms with Crippen LogP contribution in [-0.2, 0) is 0 Å². The number of fused-ring (bicyclic) bond motifs is 1. The molecular weight excluding hydrogens is 386 g/mol. The molecule has 0 bridgehead atoms. The van der Waals surface area contributed by atoms with Crippen molar-refractivity contribution in [2.75, 3.05) is 12.4 Å². The van der Waals surface area contributed by atoms with E-state index in [1.54, 1.807) is 23.9 Å². The standard InChI is InChI=1S/C18H17N3O4S2/c1-10(2)26-13-6-4-11(5-7-13)17(22)20-18-19-16-14(25-3)8-12(21(23)24)9-15(16)27-18/h4-10H,1-3H3,(H,19,20,22). The van der Waals surface area contributed by atoms with E-state index in [4.69, 9.17) is 4.74 Å². The van der Waals surface area contributed by atoms with Crippen LogP contribution < -0.4 is 10.1 Å². The number of non-ortho nitro benzene ring substituents is 1. The minimum Gasteiger partial charge on any atom is -0.494 e. The van der Waals surface area contributed by atoms with Crippen LogP contribution in [0.25, 0.3) is 10.2 Å². The van der Waals surface area contributed by atoms with Gasteiger partial charge in [0, 0.05) is 21.8 Å². The summed E-state index contributed by atoms with van der Waals surface area (Å²) in [6.07, 6.45) is 0. The largest absolute Gasteiger partial charge is 0.494 e. The van der Waals surface area contributed by atoms with E-state index in [-0.39, 0.29) is 11.6 Å². The number of nitro benzene ring substituents is 1. The van der Waals surface area contributed by atoms with Gasteiger partial charge in [0.05, 0.1) is 22.8 Å². The number of benzene rings is 2. The quantitative estimate of drug-likeness (QED) is 0.355. The van der Waals surface area contributed by atoms with Crippen LogP contribution in [0.5, 0.6) is 5.75 Å². The predicted octanol–water partition coefficient (Wildman–Crippen LogP) is 4.97. The highest BCUT2D eigenvalue weighted by Crippen LogP contribution is 2.36. The van der Waals surface area contributed by atoms with Gasteiger partial charge in [-0.1, -0.05) is 25.2 Å². The predicted molar refractivity (Wildman–Crippen MR) is 108 cm³/mol. The molecule has 3 aromatic rings. The minimum atomic E-state index is -0.489. The third-order valence-electron chi connectivity index (χ3n) is 3.58. The van der Waals surface area contributed by atoms with Crippen molar-refractivity contribution < 1.29 is 14.5 Å². The van der Waals surface area contributed by atoms with Crippen molar-refractivity contribution in [2.24, 2.45) is 0 Å². The lowest BCUT2D eigenvalue weighted by molar-refractivity contribution is -0.384. The average Bonchev–Trinajstić information content (AvgIpc) is 3.03. The van der Waals surface area contributed by atoms with Gasteiger partial charge in [-0.2, -0.15) is 0 Å². The number of nitrogens with one attached hydrogen (secondary N) is 1. The van der Waals surface area contributed by atoms with Crippen molar-refractivity contribution in [3.05, 3.63) is 52.1 Å². The van der Waals surface area contributed by atoms with Crippen LogP contribution in [0.3, 0.4) is 0 Å². The summed E-state index contributed by atoms with van der Waals surface area (Å²) in [4.78, 5) is 28.5. The number of thiazole rings is 1. The van der Waals surface area contributed by atoms with Crippen LogP contribution in [0.1, 0.15) is 24.2 Å². The number of anilines is 1. The summed E-state index contributed by atoms with van der Waals surface area (Å²) >= 11 is 2.88. The Labute approximate surface area is 163 Å². The van der Waals surface area contributed by atoms with Crippen molar-refractivity contribution >= 4 is 50.0 Å². The van der Waals surface area contributed by atoms with Crippen LogP contribution in [0.15, 0.2) is 41.3 Å². The number of nitro groups is 1. The van der Waals surface area contributed by atoms with E-state index in [1.807, 2.05) is 12.1 Å². The van der Waals surface area contributed by atoms with Gasteiger partial charge in [0.2, 0.25) is 0 Å². The summed E-state index contributed by atoms with van der Waals surface area (Å²) in [5.74, 6) is 0.00892. The van der Waals surface area contributed by atoms with Gasteiger partial charge < -0.3 is 4.74 Å². The first kappa shape index (κ1) is 19.1. The van der Waals surface area contributed by atoms with E-state index >= 15 is 0 Å². The Kier molecular flexibility index (Phi) is 5.62. The second kappa shape index (κ2) is 7.93. The second-order valence-corrected chi connectivity index (χ2v) is 8.60. The maximum atomic E-state index is 12.5. The number of hydrogen-bond acceptors (Lipinski definition) is 7. The van der Waals surface area contributed by atoms with Crippen LogP contribution in [0.2, 0.25) is 0 Å². The fourth-order valence-corrected chi connectivity index (χ4v) is 4.17. The molecule has 3 rings (SSSR count). The van der Waals surface area contributed by atoms with E-state index in [1.165, 1.54) is 19.2 Å². The van der Waals surface area contributed by atoms with Crippen LogP contribution in [0.4, 0.5) is 10.8 Å². The first-order chi connectivity index (χ1) is 12.9. The number of carbonyl (C=O) groups excluding carboxylic acids is 1. The molecule has 0 aliphatic heterocycles. The Balaban J connectivity index is 1.83. The topological polar surface area (TPSA) is 94.4 Å². The molecule has 1 N–H and O–H groups in total. The van der Waals surface area contributed by atoms with Crippen LogP contribution >= 0.6 is 23.1 Å². The number of rotatable bonds is 6. The Hall–Kier alpha value is -2.65. The fraction of sp³-hybridized carbons (Fsp3) is 0.222. The van der Waals surface area contributed by atoms with E-state index in [0.717, 1.165) is 16.2 Å². The Morgan fingerprint density at radius 2 is 2.00 bits per heavy atom. The van der Waals surface area contributed by atoms with Crippen molar-refractivity contribution in [2.45, 2.75) is 24.0 Å². The van der Waals surface area contributed by atoms with Gasteiger partial charge in [-0.05, 0) is 24.3 Å². The lowest BCUT2D eigenvalue weighted by atomic mass is 10.2. The molecule has 0 saturated carbocycles. The summed E-state index contributed by atoms with van der Waals surface area (Å²) in [5, 5.41) is 14.6. The van der Waals surface area contributed by atoms with Crippen LogP contribution in [-0.4, -0.2) is 28.2 Å². The maximum Gasteiger partial charge on any atom is 0.274 e. The van der Waals surface area contributed by atoms with Gasteiger partial charge in [-0.15, -0.1) is 11.8 Å². The molecule has 9 heteroatoms. The highest BCUT2D eigenvalue weighted by atomic mass is 32.2. The molecule has 27 heavy (non-hydrogen) atoms. The lowest BCUT2D eigenvalue weighted by Gasteiger charge is -2.06. The molecule has 0 fully saturated rings. The number of thioether (sulfide) groups is 1. The lowest BCUT2D eigenvalue weighted by Crippen LogP contribution is -2.11. The van der Waals surface area contributed by atoms with E-state index in [2.05, 4.69) is 24.1 Å². The molecule has 2 aromatic carbocycles. The molecule has 0 unspecified atom stereocenters. The van der Waals surface area contributed by atoms with Crippen LogP contribution in [0, 0.1) is 10.1 Å². The Morgan fingerprint density at radius 3 is 2.59 bits per heavy atom. The number of carbonyl (C=O) groups is 1. The second-order valence-electron chi connectivity index (χ2n) is 5.92. The highest BCUT2D eigenvalue weighted by Gasteiger charge is 2.17. The van der Waals surface area contributed by atoms with Gasteiger partial charge in [0.1, 0.15) is 5.52 Å². The van der Waals surface area contributed by atoms with E-state index in [9.17, 15) is 14.9 Å². The summed E-state index contributed by atoms with van der Waals surface area (Å²) in [6, 6.07) is 10.1. The molecule has 0 aliphatic carbocycles. The molecule has 7 nitrogen and oxygen atoms in total. The van der Waals surface area contributed by atoms with E-state index in [0.29, 0.717) is 31.9 Å². The van der Waals surface area contributed by atoms with Gasteiger partial charge in [-0.3, -0.25) is 20.2 Å². The number of ether oxygens (including phenoxy) is 1. The summed E-state index contributed by atoms with van der Waals surface area (Å²) in [7, 11) is 1.42. The summed E-state index contributed by atoms with van der Waals surface area (Å²) < 4.78 is 5.76. The van der Waals surface area contributed by atoms with Crippen molar-refractivity contribution in [3.63, 3.8) is 0 Å². The number of amides is 1. The molecule has 140 valence electrons. The minimum absolute atomic E-state index is 0.0842. The molecule has 1 aromatic heterocycles. The number of hydrogen-bond donors (Lipinski definition) is 1. The highest BCUT2D eigenvalue weighted by molar-refractivity contribution is 7.99. The molecule has 1 amide bonds. The third kappa shape index (κ3) is 4.37. The first-order valence-electron chi connectivity index (χ1n) is 8.08. The normalized spacial score (nSPS) is 11.0. The first-order valence-corrected chi connectivity index (χ1v) is 9.78. The van der Waals surface area contributed by atoms with Gasteiger partial charge in [0.15, 0.2) is 10.9 Å². The summed E-state index contributed by atoms with van der Waals surface area (Å²) in [5.41, 5.74) is 0.909. The molecule has 0 aliphatic rings. The number of methoxy groups -OCH3 is 1. The monoisotopic (exact) mass is 403 g/mol. The zero-order valence-corrected chi connectivity index (χ0v) is 16.5. The van der Waals surface area contributed by atoms with Crippen molar-refractivity contribution in [1.29, 1.82) is 0 Å². The molecule has 0 spiro atoms. The molecule has 0 radical (unpaired) electrons. The summed E-state index contributed by atoms with van der Waals surface area (Å²) in [6.45, 7) is 4.22. The van der Waals surface area contributed by atoms with Gasteiger partial charge in [-0.25, -0.2) is 4.98 Å². The zero-order valence-electron chi connectivity index (χ0n) is 14.9. The van der Waals surface area contributed by atoms with Crippen molar-refractivity contribution in [1.82, 2.24) is 4.98 Å². The maximum absolute atomic E-state index is 12.5. The Morgan fingerprint density at radius 1 is 1.30 bits per heavy atom. The molecule has 0 saturated heterocycles. The smallest absolute Gasteiger partial charge is 0.274 e. The third-order valence-corrected chi connectivity index (χ3v) is 5.52. The molecule has 1 heterocycles. The fourth-order valence-electron chi connectivity index (χ4n) is 2.43. The zero-order chi connectivity index (χ0) is 19.6. The number of aromatic nitrogens is 1. The van der Waals surface area contributed by atoms with Gasteiger partial charge in [0.25, 0.3) is 11.6 Å². The molecular formula is C18H17N3O4S2. The van der Waals surface area contributed by atoms with Gasteiger partial charge >= 0.3 is 0 Å². The average molecular weight is 403 g/mol. The SMILES string of the molecule is COc1cc([N+](=O)[O-])cc2sc(NC(=O)c3ccc(SC(C)C)cc3)nc12. The van der Waals surface area contributed by atoms with Crippen molar-refractivity contribution in [3.8, 4) is 5.75 Å². The van der Waals surface area contributed by atoms with E-state index < -0.39 is 4.92 Å². The molecule has 0 atom stereocenters.